The van der Waals surface area contributed by atoms with E-state index in [-0.39, 0.29) is 0 Å². The molecule has 1 heterocycles. The van der Waals surface area contributed by atoms with E-state index in [2.05, 4.69) is 158 Å². The molecule has 0 aromatic heterocycles. The normalized spacial score (nSPS) is 13.8. The summed E-state index contributed by atoms with van der Waals surface area (Å²) in [5.41, 5.74) is 12.7. The van der Waals surface area contributed by atoms with Crippen LogP contribution >= 0.6 is 11.8 Å². The summed E-state index contributed by atoms with van der Waals surface area (Å²) in [6.07, 6.45) is 0. The fourth-order valence-corrected chi connectivity index (χ4v) is 8.68. The Morgan fingerprint density at radius 1 is 0.405 bits per heavy atom. The fraction of sp³-hybridized carbons (Fsp3) is 0.0244. The van der Waals surface area contributed by atoms with Gasteiger partial charge in [0.05, 0.1) is 5.41 Å². The van der Waals surface area contributed by atoms with Crippen LogP contribution in [0.15, 0.2) is 168 Å². The van der Waals surface area contributed by atoms with Gasteiger partial charge in [-0.1, -0.05) is 151 Å². The molecule has 9 rings (SSSR count). The Labute approximate surface area is 250 Å². The lowest BCUT2D eigenvalue weighted by molar-refractivity contribution is 0.770. The van der Waals surface area contributed by atoms with Gasteiger partial charge < -0.3 is 0 Å². The molecule has 0 radical (unpaired) electrons. The van der Waals surface area contributed by atoms with Gasteiger partial charge in [0, 0.05) is 15.2 Å². The smallest absolute Gasteiger partial charge is 0.0719 e. The molecule has 0 fully saturated rings. The van der Waals surface area contributed by atoms with Crippen molar-refractivity contribution in [1.82, 2.24) is 0 Å². The first-order chi connectivity index (χ1) is 20.8. The van der Waals surface area contributed by atoms with Gasteiger partial charge in [0.2, 0.25) is 0 Å². The van der Waals surface area contributed by atoms with E-state index in [0.29, 0.717) is 0 Å². The lowest BCUT2D eigenvalue weighted by Crippen LogP contribution is -2.29. The van der Waals surface area contributed by atoms with Crippen molar-refractivity contribution < 1.29 is 0 Å². The monoisotopic (exact) mass is 550 g/mol. The molecule has 0 amide bonds. The van der Waals surface area contributed by atoms with Crippen LogP contribution in [0, 0.1) is 0 Å². The first-order valence-corrected chi connectivity index (χ1v) is 15.3. The number of hydrogen-bond donors (Lipinski definition) is 0. The third kappa shape index (κ3) is 3.20. The molecule has 7 aromatic rings. The predicted molar refractivity (Wildman–Crippen MR) is 176 cm³/mol. The molecule has 0 unspecified atom stereocenters. The average molecular weight is 551 g/mol. The summed E-state index contributed by atoms with van der Waals surface area (Å²) in [7, 11) is 0. The van der Waals surface area contributed by atoms with E-state index in [4.69, 9.17) is 0 Å². The number of benzene rings is 7. The van der Waals surface area contributed by atoms with Gasteiger partial charge in [-0.15, -0.1) is 0 Å². The largest absolute Gasteiger partial charge is 0.0888 e. The van der Waals surface area contributed by atoms with Crippen LogP contribution in [0.2, 0.25) is 0 Å². The molecule has 1 aliphatic carbocycles. The topological polar surface area (TPSA) is 0 Å². The number of rotatable bonds is 3. The van der Waals surface area contributed by atoms with Crippen molar-refractivity contribution >= 4 is 22.5 Å². The summed E-state index contributed by atoms with van der Waals surface area (Å²) < 4.78 is 0. The minimum atomic E-state index is -0.432. The van der Waals surface area contributed by atoms with Crippen molar-refractivity contribution in [2.24, 2.45) is 0 Å². The highest BCUT2D eigenvalue weighted by atomic mass is 32.2. The molecule has 0 saturated heterocycles. The van der Waals surface area contributed by atoms with Crippen LogP contribution in [0.3, 0.4) is 0 Å². The summed E-state index contributed by atoms with van der Waals surface area (Å²) in [6.45, 7) is 0. The second-order valence-electron chi connectivity index (χ2n) is 11.2. The average Bonchev–Trinajstić information content (AvgIpc) is 3.37. The second-order valence-corrected chi connectivity index (χ2v) is 12.3. The Kier molecular flexibility index (Phi) is 5.15. The van der Waals surface area contributed by atoms with E-state index >= 15 is 0 Å². The molecule has 0 bridgehead atoms. The van der Waals surface area contributed by atoms with Gasteiger partial charge >= 0.3 is 0 Å². The van der Waals surface area contributed by atoms with Crippen molar-refractivity contribution in [2.75, 3.05) is 0 Å². The fourth-order valence-electron chi connectivity index (χ4n) is 7.49. The maximum absolute atomic E-state index is 2.44. The molecule has 42 heavy (non-hydrogen) atoms. The molecule has 0 saturated carbocycles. The molecule has 0 atom stereocenters. The zero-order valence-corrected chi connectivity index (χ0v) is 23.7. The molecule has 0 nitrogen and oxygen atoms in total. The van der Waals surface area contributed by atoms with Crippen LogP contribution in [0.5, 0.6) is 0 Å². The van der Waals surface area contributed by atoms with Crippen molar-refractivity contribution in [1.29, 1.82) is 0 Å². The Morgan fingerprint density at radius 3 is 1.79 bits per heavy atom. The zero-order chi connectivity index (χ0) is 27.7. The van der Waals surface area contributed by atoms with Crippen LogP contribution in [0.4, 0.5) is 0 Å². The molecule has 2 aliphatic rings. The van der Waals surface area contributed by atoms with Crippen LogP contribution < -0.4 is 0 Å². The van der Waals surface area contributed by atoms with Crippen molar-refractivity contribution in [3.63, 3.8) is 0 Å². The van der Waals surface area contributed by atoms with Gasteiger partial charge in [-0.3, -0.25) is 0 Å². The molecular weight excluding hydrogens is 525 g/mol. The van der Waals surface area contributed by atoms with Gasteiger partial charge in [0.15, 0.2) is 0 Å². The first kappa shape index (κ1) is 23.8. The van der Waals surface area contributed by atoms with Crippen LogP contribution in [0.1, 0.15) is 22.3 Å². The second kappa shape index (κ2) is 9.08. The van der Waals surface area contributed by atoms with E-state index < -0.39 is 5.41 Å². The highest BCUT2D eigenvalue weighted by molar-refractivity contribution is 7.99. The Hall–Kier alpha value is -4.85. The summed E-state index contributed by atoms with van der Waals surface area (Å²) in [5.74, 6) is 0. The summed E-state index contributed by atoms with van der Waals surface area (Å²) in [5, 5.41) is 2.65. The third-order valence-electron chi connectivity index (χ3n) is 9.12. The molecule has 1 aliphatic heterocycles. The van der Waals surface area contributed by atoms with E-state index in [0.717, 1.165) is 0 Å². The van der Waals surface area contributed by atoms with Crippen molar-refractivity contribution in [3.05, 3.63) is 180 Å². The van der Waals surface area contributed by atoms with E-state index in [1.165, 1.54) is 76.2 Å². The van der Waals surface area contributed by atoms with Gasteiger partial charge in [-0.05, 0) is 79.2 Å². The van der Waals surface area contributed by atoms with Gasteiger partial charge in [-0.2, -0.15) is 0 Å². The zero-order valence-electron chi connectivity index (χ0n) is 22.9. The third-order valence-corrected chi connectivity index (χ3v) is 10.2. The Bertz CT molecular complexity index is 2120. The number of fused-ring (bicyclic) bond motifs is 5. The van der Waals surface area contributed by atoms with Gasteiger partial charge in [0.25, 0.3) is 0 Å². The van der Waals surface area contributed by atoms with E-state index in [9.17, 15) is 0 Å². The summed E-state index contributed by atoms with van der Waals surface area (Å²) >= 11 is 1.90. The van der Waals surface area contributed by atoms with E-state index in [1.807, 2.05) is 11.8 Å². The van der Waals surface area contributed by atoms with Crippen LogP contribution in [-0.4, -0.2) is 0 Å². The van der Waals surface area contributed by atoms with Crippen LogP contribution in [-0.2, 0) is 5.41 Å². The van der Waals surface area contributed by atoms with Gasteiger partial charge in [-0.25, -0.2) is 0 Å². The Morgan fingerprint density at radius 2 is 1.00 bits per heavy atom. The molecule has 196 valence electrons. The maximum Gasteiger partial charge on any atom is 0.0719 e. The highest BCUT2D eigenvalue weighted by Crippen LogP contribution is 2.59. The molecule has 7 aromatic carbocycles. The predicted octanol–water partition coefficient (Wildman–Crippen LogP) is 11.0. The minimum absolute atomic E-state index is 0.432. The molecule has 1 heteroatoms. The highest BCUT2D eigenvalue weighted by Gasteiger charge is 2.47. The first-order valence-electron chi connectivity index (χ1n) is 14.5. The quantitative estimate of drug-likeness (QED) is 0.211. The Balaban J connectivity index is 1.39. The summed E-state index contributed by atoms with van der Waals surface area (Å²) in [6, 6.07) is 58.5. The van der Waals surface area contributed by atoms with Crippen molar-refractivity contribution in [3.8, 4) is 33.4 Å². The standard InChI is InChI=1S/C41H26S/c1-3-14-29(15-4-1)41(30-16-5-2-6-17-30)36-23-9-7-18-32(36)35-22-12-20-31(40(35)41)28-25-27-13-11-21-34-33-19-8-10-24-37(33)42-38(26-28)39(27)34/h1-26H. The van der Waals surface area contributed by atoms with Gasteiger partial charge in [0.1, 0.15) is 0 Å². The molecule has 0 spiro atoms. The van der Waals surface area contributed by atoms with Crippen LogP contribution in [0.25, 0.3) is 44.2 Å². The lowest BCUT2D eigenvalue weighted by Gasteiger charge is -2.35. The minimum Gasteiger partial charge on any atom is -0.0888 e. The lowest BCUT2D eigenvalue weighted by atomic mass is 9.66. The van der Waals surface area contributed by atoms with Crippen molar-refractivity contribution in [2.45, 2.75) is 15.2 Å². The maximum atomic E-state index is 2.44. The molecular formula is C41H26S. The number of hydrogen-bond acceptors (Lipinski definition) is 1. The SMILES string of the molecule is c1ccc(C2(c3ccccc3)c3ccccc3-c3cccc(-c4cc5c6c(cccc6c4)-c4ccccc4S5)c32)cc1. The molecule has 0 N–H and O–H groups in total. The summed E-state index contributed by atoms with van der Waals surface area (Å²) in [4.78, 5) is 2.65. The van der Waals surface area contributed by atoms with E-state index in [1.54, 1.807) is 0 Å².